The highest BCUT2D eigenvalue weighted by Crippen LogP contribution is 2.21. The van der Waals surface area contributed by atoms with Gasteiger partial charge in [-0.05, 0) is 74.0 Å². The summed E-state index contributed by atoms with van der Waals surface area (Å²) in [5.41, 5.74) is 4.51. The van der Waals surface area contributed by atoms with E-state index in [-0.39, 0.29) is 0 Å². The molecule has 0 aromatic heterocycles. The van der Waals surface area contributed by atoms with E-state index in [1.165, 1.54) is 61.6 Å². The fourth-order valence-electron chi connectivity index (χ4n) is 4.36. The predicted molar refractivity (Wildman–Crippen MR) is 137 cm³/mol. The number of carbonyl (C=O) groups is 2. The normalized spacial score (nSPS) is 11.2. The van der Waals surface area contributed by atoms with E-state index in [9.17, 15) is 9.59 Å². The van der Waals surface area contributed by atoms with E-state index in [0.29, 0.717) is 12.8 Å². The lowest BCUT2D eigenvalue weighted by Crippen LogP contribution is -1.99. The molecule has 0 unspecified atom stereocenters. The molecule has 0 spiro atoms. The molecule has 0 saturated heterocycles. The van der Waals surface area contributed by atoms with Gasteiger partial charge in [-0.25, -0.2) is 0 Å². The molecule has 4 heteroatoms. The molecule has 0 amide bonds. The van der Waals surface area contributed by atoms with E-state index in [1.54, 1.807) is 0 Å². The Hall–Kier alpha value is -1.84. The maximum Gasteiger partial charge on any atom is 0.303 e. The molecule has 0 aliphatic carbocycles. The molecule has 0 fully saturated rings. The second-order valence-corrected chi connectivity index (χ2v) is 10.1. The molecule has 2 N–H and O–H groups in total. The Morgan fingerprint density at radius 3 is 1.58 bits per heavy atom. The molecule has 33 heavy (non-hydrogen) atoms. The summed E-state index contributed by atoms with van der Waals surface area (Å²) in [5.74, 6) is -0.639. The first-order valence-electron chi connectivity index (χ1n) is 13.4. The molecule has 1 aromatic carbocycles. The molecule has 0 bridgehead atoms. The van der Waals surface area contributed by atoms with Crippen molar-refractivity contribution in [3.8, 4) is 0 Å². The minimum Gasteiger partial charge on any atom is -0.481 e. The molecule has 0 radical (unpaired) electrons. The first kappa shape index (κ1) is 29.2. The molecule has 0 atom stereocenters. The van der Waals surface area contributed by atoms with Crippen LogP contribution < -0.4 is 0 Å². The average molecular weight is 461 g/mol. The summed E-state index contributed by atoms with van der Waals surface area (Å²) in [7, 11) is 0. The van der Waals surface area contributed by atoms with Crippen LogP contribution in [0.3, 0.4) is 0 Å². The summed E-state index contributed by atoms with van der Waals surface area (Å²) in [6.07, 6.45) is 18.5. The van der Waals surface area contributed by atoms with Crippen molar-refractivity contribution in [1.29, 1.82) is 0 Å². The van der Waals surface area contributed by atoms with Crippen LogP contribution in [0.5, 0.6) is 0 Å². The van der Waals surface area contributed by atoms with E-state index in [4.69, 9.17) is 10.2 Å². The van der Waals surface area contributed by atoms with Crippen molar-refractivity contribution < 1.29 is 19.8 Å². The third kappa shape index (κ3) is 16.4. The van der Waals surface area contributed by atoms with Crippen molar-refractivity contribution in [2.24, 2.45) is 5.92 Å². The van der Waals surface area contributed by atoms with Crippen LogP contribution >= 0.6 is 0 Å². The molecule has 1 rings (SSSR count). The lowest BCUT2D eigenvalue weighted by Gasteiger charge is -2.13. The number of rotatable bonds is 21. The zero-order chi connectivity index (χ0) is 24.3. The lowest BCUT2D eigenvalue weighted by atomic mass is 9.92. The van der Waals surface area contributed by atoms with Crippen LogP contribution in [0, 0.1) is 5.92 Å². The Bertz CT molecular complexity index is 666. The second-order valence-electron chi connectivity index (χ2n) is 10.1. The molecule has 0 heterocycles. The number of aliphatic carboxylic acids is 2. The monoisotopic (exact) mass is 460 g/mol. The van der Waals surface area contributed by atoms with Crippen molar-refractivity contribution in [2.45, 2.75) is 129 Å². The summed E-state index contributed by atoms with van der Waals surface area (Å²) in [5, 5.41) is 17.4. The number of carboxylic acids is 2. The van der Waals surface area contributed by atoms with Crippen molar-refractivity contribution in [1.82, 2.24) is 0 Å². The Balaban J connectivity index is 2.41. The van der Waals surface area contributed by atoms with E-state index in [1.807, 2.05) is 0 Å². The standard InChI is InChI=1S/C29H48O4/c1-24(2)19-20-25-21-22-26(15-11-7-3-5-9-13-17-28(30)31)27(23-25)16-12-8-4-6-10-14-18-29(32)33/h21-24H,3-20H2,1-2H3,(H,30,31)(H,32,33). The van der Waals surface area contributed by atoms with Crippen LogP contribution in [-0.4, -0.2) is 22.2 Å². The maximum atomic E-state index is 10.6. The van der Waals surface area contributed by atoms with E-state index in [0.717, 1.165) is 63.7 Å². The van der Waals surface area contributed by atoms with Crippen LogP contribution in [0.25, 0.3) is 0 Å². The van der Waals surface area contributed by atoms with E-state index in [2.05, 4.69) is 32.0 Å². The number of hydrogen-bond acceptors (Lipinski definition) is 2. The molecular formula is C29H48O4. The fourth-order valence-corrected chi connectivity index (χ4v) is 4.36. The molecule has 4 nitrogen and oxygen atoms in total. The lowest BCUT2D eigenvalue weighted by molar-refractivity contribution is -0.138. The summed E-state index contributed by atoms with van der Waals surface area (Å²) < 4.78 is 0. The van der Waals surface area contributed by atoms with E-state index >= 15 is 0 Å². The van der Waals surface area contributed by atoms with Gasteiger partial charge < -0.3 is 10.2 Å². The number of hydrogen-bond donors (Lipinski definition) is 2. The molecule has 1 aromatic rings. The Labute approximate surface area is 202 Å². The molecular weight excluding hydrogens is 412 g/mol. The summed E-state index contributed by atoms with van der Waals surface area (Å²) >= 11 is 0. The van der Waals surface area contributed by atoms with Gasteiger partial charge in [0.2, 0.25) is 0 Å². The molecule has 0 aliphatic rings. The SMILES string of the molecule is CC(C)CCc1ccc(CCCCCCCCC(=O)O)c(CCCCCCCCC(=O)O)c1. The number of aryl methyl sites for hydroxylation is 3. The van der Waals surface area contributed by atoms with Crippen molar-refractivity contribution in [2.75, 3.05) is 0 Å². The first-order chi connectivity index (χ1) is 15.9. The predicted octanol–water partition coefficient (Wildman–Crippen LogP) is 7.99. The molecule has 0 aliphatic heterocycles. The van der Waals surface area contributed by atoms with Crippen LogP contribution in [0.15, 0.2) is 18.2 Å². The van der Waals surface area contributed by atoms with Gasteiger partial charge in [0.15, 0.2) is 0 Å². The highest BCUT2D eigenvalue weighted by atomic mass is 16.4. The van der Waals surface area contributed by atoms with E-state index < -0.39 is 11.9 Å². The van der Waals surface area contributed by atoms with Crippen molar-refractivity contribution >= 4 is 11.9 Å². The minimum absolute atomic E-state index is 0.300. The van der Waals surface area contributed by atoms with Gasteiger partial charge in [0.05, 0.1) is 0 Å². The third-order valence-corrected chi connectivity index (χ3v) is 6.45. The minimum atomic E-state index is -0.683. The summed E-state index contributed by atoms with van der Waals surface area (Å²) in [4.78, 5) is 21.2. The fraction of sp³-hybridized carbons (Fsp3) is 0.724. The van der Waals surface area contributed by atoms with Gasteiger partial charge in [0.1, 0.15) is 0 Å². The quantitative estimate of drug-likeness (QED) is 0.182. The van der Waals surface area contributed by atoms with Gasteiger partial charge in [-0.15, -0.1) is 0 Å². The molecule has 0 saturated carbocycles. The summed E-state index contributed by atoms with van der Waals surface area (Å²) in [6, 6.07) is 7.15. The Morgan fingerprint density at radius 2 is 1.09 bits per heavy atom. The number of benzene rings is 1. The zero-order valence-corrected chi connectivity index (χ0v) is 21.2. The Kier molecular flexibility index (Phi) is 16.4. The largest absolute Gasteiger partial charge is 0.481 e. The van der Waals surface area contributed by atoms with Crippen LogP contribution in [-0.2, 0) is 28.9 Å². The van der Waals surface area contributed by atoms with Gasteiger partial charge in [0.25, 0.3) is 0 Å². The van der Waals surface area contributed by atoms with Crippen LogP contribution in [0.1, 0.15) is 127 Å². The first-order valence-corrected chi connectivity index (χ1v) is 13.4. The number of unbranched alkanes of at least 4 members (excludes halogenated alkanes) is 10. The van der Waals surface area contributed by atoms with Crippen LogP contribution in [0.4, 0.5) is 0 Å². The van der Waals surface area contributed by atoms with Crippen LogP contribution in [0.2, 0.25) is 0 Å². The van der Waals surface area contributed by atoms with Gasteiger partial charge in [-0.3, -0.25) is 9.59 Å². The van der Waals surface area contributed by atoms with Gasteiger partial charge in [-0.1, -0.05) is 83.4 Å². The Morgan fingerprint density at radius 1 is 0.636 bits per heavy atom. The average Bonchev–Trinajstić information content (AvgIpc) is 2.76. The zero-order valence-electron chi connectivity index (χ0n) is 21.2. The van der Waals surface area contributed by atoms with Crippen molar-refractivity contribution in [3.05, 3.63) is 34.9 Å². The highest BCUT2D eigenvalue weighted by Gasteiger charge is 2.06. The van der Waals surface area contributed by atoms with Crippen molar-refractivity contribution in [3.63, 3.8) is 0 Å². The highest BCUT2D eigenvalue weighted by molar-refractivity contribution is 5.66. The smallest absolute Gasteiger partial charge is 0.303 e. The van der Waals surface area contributed by atoms with Gasteiger partial charge >= 0.3 is 11.9 Å². The number of carboxylic acid groups (broad SMARTS) is 2. The molecule has 188 valence electrons. The van der Waals surface area contributed by atoms with Gasteiger partial charge in [0, 0.05) is 12.8 Å². The summed E-state index contributed by atoms with van der Waals surface area (Å²) in [6.45, 7) is 4.57. The maximum absolute atomic E-state index is 10.6. The van der Waals surface area contributed by atoms with Gasteiger partial charge in [-0.2, -0.15) is 0 Å². The topological polar surface area (TPSA) is 74.6 Å². The third-order valence-electron chi connectivity index (χ3n) is 6.45. The second kappa shape index (κ2) is 18.6.